The highest BCUT2D eigenvalue weighted by Gasteiger charge is 2.22. The summed E-state index contributed by atoms with van der Waals surface area (Å²) in [6, 6.07) is 3.98. The van der Waals surface area contributed by atoms with Crippen molar-refractivity contribution in [1.29, 1.82) is 0 Å². The van der Waals surface area contributed by atoms with Crippen molar-refractivity contribution in [3.63, 3.8) is 0 Å². The SMILES string of the molecule is OC1CCCCCC1Nc1ncccc1Br. The molecule has 2 N–H and O–H groups in total. The summed E-state index contributed by atoms with van der Waals surface area (Å²) in [6.07, 6.45) is 6.94. The first-order valence-electron chi connectivity index (χ1n) is 5.82. The summed E-state index contributed by atoms with van der Waals surface area (Å²) in [6.45, 7) is 0. The molecule has 0 radical (unpaired) electrons. The predicted molar refractivity (Wildman–Crippen MR) is 68.4 cm³/mol. The Balaban J connectivity index is 2.05. The van der Waals surface area contributed by atoms with Crippen LogP contribution in [-0.4, -0.2) is 22.2 Å². The molecular weight excluding hydrogens is 268 g/mol. The predicted octanol–water partition coefficient (Wildman–Crippen LogP) is 2.95. The van der Waals surface area contributed by atoms with Crippen LogP contribution in [0.4, 0.5) is 5.82 Å². The summed E-state index contributed by atoms with van der Waals surface area (Å²) in [7, 11) is 0. The standard InChI is InChI=1S/C12H17BrN2O/c13-9-5-4-8-14-12(9)15-10-6-2-1-3-7-11(10)16/h4-5,8,10-11,16H,1-3,6-7H2,(H,14,15). The van der Waals surface area contributed by atoms with Gasteiger partial charge in [0.2, 0.25) is 0 Å². The number of aliphatic hydroxyl groups excluding tert-OH is 1. The Morgan fingerprint density at radius 2 is 2.12 bits per heavy atom. The molecule has 1 fully saturated rings. The number of nitrogens with one attached hydrogen (secondary N) is 1. The normalized spacial score (nSPS) is 26.1. The second-order valence-corrected chi connectivity index (χ2v) is 5.14. The molecule has 1 heterocycles. The zero-order valence-corrected chi connectivity index (χ0v) is 10.8. The van der Waals surface area contributed by atoms with E-state index in [4.69, 9.17) is 0 Å². The number of pyridine rings is 1. The monoisotopic (exact) mass is 284 g/mol. The van der Waals surface area contributed by atoms with Crippen LogP contribution in [0.15, 0.2) is 22.8 Å². The van der Waals surface area contributed by atoms with Crippen LogP contribution in [0.3, 0.4) is 0 Å². The first-order chi connectivity index (χ1) is 7.77. The average molecular weight is 285 g/mol. The fourth-order valence-electron chi connectivity index (χ4n) is 2.12. The van der Waals surface area contributed by atoms with Gasteiger partial charge < -0.3 is 10.4 Å². The minimum absolute atomic E-state index is 0.133. The van der Waals surface area contributed by atoms with Crippen LogP contribution in [-0.2, 0) is 0 Å². The van der Waals surface area contributed by atoms with E-state index in [1.165, 1.54) is 12.8 Å². The number of anilines is 1. The van der Waals surface area contributed by atoms with Gasteiger partial charge in [-0.1, -0.05) is 19.3 Å². The van der Waals surface area contributed by atoms with Gasteiger partial charge >= 0.3 is 0 Å². The highest BCUT2D eigenvalue weighted by Crippen LogP contribution is 2.24. The zero-order valence-electron chi connectivity index (χ0n) is 9.19. The van der Waals surface area contributed by atoms with Gasteiger partial charge in [0.1, 0.15) is 5.82 Å². The number of hydrogen-bond donors (Lipinski definition) is 2. The lowest BCUT2D eigenvalue weighted by atomic mass is 10.1. The van der Waals surface area contributed by atoms with Crippen molar-refractivity contribution >= 4 is 21.7 Å². The molecule has 0 saturated heterocycles. The van der Waals surface area contributed by atoms with Crippen molar-refractivity contribution in [1.82, 2.24) is 4.98 Å². The molecule has 4 heteroatoms. The molecule has 0 amide bonds. The Kier molecular flexibility index (Phi) is 4.18. The Bertz CT molecular complexity index is 346. The molecule has 0 spiro atoms. The largest absolute Gasteiger partial charge is 0.391 e. The van der Waals surface area contributed by atoms with E-state index >= 15 is 0 Å². The number of nitrogens with zero attached hydrogens (tertiary/aromatic N) is 1. The third kappa shape index (κ3) is 2.95. The van der Waals surface area contributed by atoms with E-state index in [1.807, 2.05) is 12.1 Å². The van der Waals surface area contributed by atoms with Crippen LogP contribution in [0.2, 0.25) is 0 Å². The highest BCUT2D eigenvalue weighted by molar-refractivity contribution is 9.10. The average Bonchev–Trinajstić information content (AvgIpc) is 2.48. The molecule has 1 aromatic rings. The van der Waals surface area contributed by atoms with Crippen molar-refractivity contribution in [3.8, 4) is 0 Å². The van der Waals surface area contributed by atoms with Gasteiger partial charge in [0.05, 0.1) is 16.6 Å². The zero-order chi connectivity index (χ0) is 11.4. The molecule has 1 saturated carbocycles. The minimum Gasteiger partial charge on any atom is -0.391 e. The number of halogens is 1. The molecule has 3 nitrogen and oxygen atoms in total. The highest BCUT2D eigenvalue weighted by atomic mass is 79.9. The van der Waals surface area contributed by atoms with Crippen LogP contribution < -0.4 is 5.32 Å². The summed E-state index contributed by atoms with van der Waals surface area (Å²) in [4.78, 5) is 4.27. The molecule has 0 bridgehead atoms. The third-order valence-corrected chi connectivity index (χ3v) is 3.70. The van der Waals surface area contributed by atoms with Gasteiger partial charge in [-0.05, 0) is 40.9 Å². The number of rotatable bonds is 2. The summed E-state index contributed by atoms with van der Waals surface area (Å²) >= 11 is 3.46. The first-order valence-corrected chi connectivity index (χ1v) is 6.62. The van der Waals surface area contributed by atoms with Crippen LogP contribution in [0.1, 0.15) is 32.1 Å². The lowest BCUT2D eigenvalue weighted by molar-refractivity contribution is 0.144. The van der Waals surface area contributed by atoms with Crippen LogP contribution in [0.25, 0.3) is 0 Å². The summed E-state index contributed by atoms with van der Waals surface area (Å²) < 4.78 is 0.950. The molecule has 1 aliphatic carbocycles. The van der Waals surface area contributed by atoms with Gasteiger partial charge in [0, 0.05) is 6.20 Å². The van der Waals surface area contributed by atoms with Gasteiger partial charge in [-0.15, -0.1) is 0 Å². The molecule has 0 aliphatic heterocycles. The minimum atomic E-state index is -0.253. The molecular formula is C12H17BrN2O. The molecule has 2 rings (SSSR count). The Hall–Kier alpha value is -0.610. The molecule has 0 aromatic carbocycles. The van der Waals surface area contributed by atoms with E-state index in [9.17, 15) is 5.11 Å². The molecule has 2 unspecified atom stereocenters. The molecule has 1 aliphatic rings. The van der Waals surface area contributed by atoms with Crippen LogP contribution >= 0.6 is 15.9 Å². The van der Waals surface area contributed by atoms with Crippen LogP contribution in [0, 0.1) is 0 Å². The topological polar surface area (TPSA) is 45.1 Å². The maximum Gasteiger partial charge on any atom is 0.140 e. The van der Waals surface area contributed by atoms with E-state index in [2.05, 4.69) is 26.2 Å². The van der Waals surface area contributed by atoms with Gasteiger partial charge in [-0.25, -0.2) is 4.98 Å². The lowest BCUT2D eigenvalue weighted by Gasteiger charge is -2.22. The molecule has 88 valence electrons. The number of aliphatic hydroxyl groups is 1. The summed E-state index contributed by atoms with van der Waals surface area (Å²) in [5.41, 5.74) is 0. The smallest absolute Gasteiger partial charge is 0.140 e. The van der Waals surface area contributed by atoms with Crippen LogP contribution in [0.5, 0.6) is 0 Å². The Morgan fingerprint density at radius 3 is 2.94 bits per heavy atom. The van der Waals surface area contributed by atoms with Crippen molar-refractivity contribution < 1.29 is 5.11 Å². The molecule has 2 atom stereocenters. The fraction of sp³-hybridized carbons (Fsp3) is 0.583. The summed E-state index contributed by atoms with van der Waals surface area (Å²) in [5, 5.41) is 13.3. The maximum absolute atomic E-state index is 10.00. The van der Waals surface area contributed by atoms with Gasteiger partial charge in [0.25, 0.3) is 0 Å². The van der Waals surface area contributed by atoms with Crippen molar-refractivity contribution in [2.75, 3.05) is 5.32 Å². The second-order valence-electron chi connectivity index (χ2n) is 4.29. The third-order valence-electron chi connectivity index (χ3n) is 3.06. The second kappa shape index (κ2) is 5.64. The first kappa shape index (κ1) is 11.9. The van der Waals surface area contributed by atoms with Crippen molar-refractivity contribution in [3.05, 3.63) is 22.8 Å². The Morgan fingerprint density at radius 1 is 1.31 bits per heavy atom. The fourth-order valence-corrected chi connectivity index (χ4v) is 2.49. The summed E-state index contributed by atoms with van der Waals surface area (Å²) in [5.74, 6) is 0.827. The van der Waals surface area contributed by atoms with Gasteiger partial charge in [0.15, 0.2) is 0 Å². The van der Waals surface area contributed by atoms with Gasteiger partial charge in [-0.2, -0.15) is 0 Å². The van der Waals surface area contributed by atoms with Crippen molar-refractivity contribution in [2.24, 2.45) is 0 Å². The van der Waals surface area contributed by atoms with E-state index in [0.717, 1.165) is 29.6 Å². The van der Waals surface area contributed by atoms with E-state index in [0.29, 0.717) is 0 Å². The molecule has 16 heavy (non-hydrogen) atoms. The van der Waals surface area contributed by atoms with E-state index in [-0.39, 0.29) is 12.1 Å². The van der Waals surface area contributed by atoms with Gasteiger partial charge in [-0.3, -0.25) is 0 Å². The number of hydrogen-bond acceptors (Lipinski definition) is 3. The number of aromatic nitrogens is 1. The Labute approximate surface area is 104 Å². The molecule has 1 aromatic heterocycles. The van der Waals surface area contributed by atoms with E-state index in [1.54, 1.807) is 6.20 Å². The maximum atomic E-state index is 10.00. The lowest BCUT2D eigenvalue weighted by Crippen LogP contribution is -2.32. The van der Waals surface area contributed by atoms with E-state index < -0.39 is 0 Å². The van der Waals surface area contributed by atoms with Crippen molar-refractivity contribution in [2.45, 2.75) is 44.2 Å². The quantitative estimate of drug-likeness (QED) is 0.821.